The summed E-state index contributed by atoms with van der Waals surface area (Å²) in [6.45, 7) is 7.64. The van der Waals surface area contributed by atoms with Crippen LogP contribution in [0.1, 0.15) is 44.0 Å². The van der Waals surface area contributed by atoms with Crippen LogP contribution in [0.25, 0.3) is 0 Å². The number of aromatic nitrogens is 2. The van der Waals surface area contributed by atoms with Gasteiger partial charge in [0, 0.05) is 24.5 Å². The zero-order chi connectivity index (χ0) is 14.0. The van der Waals surface area contributed by atoms with Crippen LogP contribution in [-0.2, 0) is 4.79 Å². The molecule has 5 heteroatoms. The number of piperidine rings is 1. The van der Waals surface area contributed by atoms with Crippen molar-refractivity contribution in [1.82, 2.24) is 9.97 Å². The van der Waals surface area contributed by atoms with Crippen molar-refractivity contribution >= 4 is 11.9 Å². The summed E-state index contributed by atoms with van der Waals surface area (Å²) in [5.41, 5.74) is 2.01. The van der Waals surface area contributed by atoms with Crippen LogP contribution >= 0.6 is 0 Å². The summed E-state index contributed by atoms with van der Waals surface area (Å²) in [7, 11) is 0. The lowest BCUT2D eigenvalue weighted by Crippen LogP contribution is -2.37. The minimum Gasteiger partial charge on any atom is -0.481 e. The molecular formula is C14H21N3O2. The number of carboxylic acid groups (broad SMARTS) is 1. The van der Waals surface area contributed by atoms with E-state index in [0.717, 1.165) is 30.4 Å². The van der Waals surface area contributed by atoms with E-state index in [9.17, 15) is 4.79 Å². The normalized spacial score (nSPS) is 16.9. The molecule has 19 heavy (non-hydrogen) atoms. The molecular weight excluding hydrogens is 242 g/mol. The standard InChI is InChI=1S/C14H21N3O2/c1-9(2)12-8-10(3)15-14(16-12)17-6-4-11(5-7-17)13(18)19/h8-9,11H,4-7H2,1-3H3,(H,18,19). The Labute approximate surface area is 113 Å². The molecule has 1 aliphatic heterocycles. The molecule has 1 aromatic rings. The molecule has 0 radical (unpaired) electrons. The molecule has 1 saturated heterocycles. The SMILES string of the molecule is Cc1cc(C(C)C)nc(N2CCC(C(=O)O)CC2)n1. The third-order valence-corrected chi connectivity index (χ3v) is 3.58. The minimum atomic E-state index is -0.687. The molecule has 0 unspecified atom stereocenters. The highest BCUT2D eigenvalue weighted by Crippen LogP contribution is 2.23. The van der Waals surface area contributed by atoms with Gasteiger partial charge >= 0.3 is 5.97 Å². The number of carboxylic acids is 1. The summed E-state index contributed by atoms with van der Waals surface area (Å²) in [4.78, 5) is 22.1. The predicted octanol–water partition coefficient (Wildman–Crippen LogP) is 2.21. The Balaban J connectivity index is 2.13. The van der Waals surface area contributed by atoms with E-state index in [1.807, 2.05) is 13.0 Å². The van der Waals surface area contributed by atoms with E-state index < -0.39 is 5.97 Å². The van der Waals surface area contributed by atoms with Crippen LogP contribution in [0.3, 0.4) is 0 Å². The number of aryl methyl sites for hydroxylation is 1. The molecule has 2 rings (SSSR count). The van der Waals surface area contributed by atoms with Gasteiger partial charge in [0.2, 0.25) is 5.95 Å². The molecule has 0 bridgehead atoms. The molecule has 1 aromatic heterocycles. The molecule has 1 fully saturated rings. The maximum atomic E-state index is 10.9. The monoisotopic (exact) mass is 263 g/mol. The highest BCUT2D eigenvalue weighted by Gasteiger charge is 2.26. The Bertz CT molecular complexity index is 466. The third kappa shape index (κ3) is 3.22. The molecule has 2 heterocycles. The van der Waals surface area contributed by atoms with E-state index in [4.69, 9.17) is 5.11 Å². The van der Waals surface area contributed by atoms with Crippen LogP contribution in [0.4, 0.5) is 5.95 Å². The van der Waals surface area contributed by atoms with E-state index in [2.05, 4.69) is 28.7 Å². The third-order valence-electron chi connectivity index (χ3n) is 3.58. The van der Waals surface area contributed by atoms with Crippen LogP contribution in [0.5, 0.6) is 0 Å². The Morgan fingerprint density at radius 2 is 2.00 bits per heavy atom. The van der Waals surface area contributed by atoms with Crippen molar-refractivity contribution in [2.45, 2.75) is 39.5 Å². The Kier molecular flexibility index (Phi) is 4.02. The lowest BCUT2D eigenvalue weighted by molar-refractivity contribution is -0.142. The number of hydrogen-bond acceptors (Lipinski definition) is 4. The van der Waals surface area contributed by atoms with E-state index in [1.54, 1.807) is 0 Å². The van der Waals surface area contributed by atoms with Gasteiger partial charge in [-0.15, -0.1) is 0 Å². The van der Waals surface area contributed by atoms with Crippen molar-refractivity contribution < 1.29 is 9.90 Å². The first kappa shape index (κ1) is 13.8. The van der Waals surface area contributed by atoms with Crippen molar-refractivity contribution in [3.8, 4) is 0 Å². The van der Waals surface area contributed by atoms with Gasteiger partial charge in [-0.2, -0.15) is 0 Å². The van der Waals surface area contributed by atoms with Crippen LogP contribution in [0, 0.1) is 12.8 Å². The first-order valence-corrected chi connectivity index (χ1v) is 6.80. The fraction of sp³-hybridized carbons (Fsp3) is 0.643. The summed E-state index contributed by atoms with van der Waals surface area (Å²) >= 11 is 0. The first-order valence-electron chi connectivity index (χ1n) is 6.80. The summed E-state index contributed by atoms with van der Waals surface area (Å²) < 4.78 is 0. The van der Waals surface area contributed by atoms with Crippen molar-refractivity contribution in [2.24, 2.45) is 5.92 Å². The number of nitrogens with zero attached hydrogens (tertiary/aromatic N) is 3. The van der Waals surface area contributed by atoms with Gasteiger partial charge in [0.25, 0.3) is 0 Å². The highest BCUT2D eigenvalue weighted by atomic mass is 16.4. The molecule has 0 spiro atoms. The average Bonchev–Trinajstić information content (AvgIpc) is 2.38. The van der Waals surface area contributed by atoms with Crippen molar-refractivity contribution in [2.75, 3.05) is 18.0 Å². The van der Waals surface area contributed by atoms with Gasteiger partial charge in [0.1, 0.15) is 0 Å². The predicted molar refractivity (Wildman–Crippen MR) is 73.4 cm³/mol. The van der Waals surface area contributed by atoms with Crippen molar-refractivity contribution in [3.63, 3.8) is 0 Å². The maximum Gasteiger partial charge on any atom is 0.306 e. The lowest BCUT2D eigenvalue weighted by Gasteiger charge is -2.30. The van der Waals surface area contributed by atoms with Crippen molar-refractivity contribution in [3.05, 3.63) is 17.5 Å². The number of hydrogen-bond donors (Lipinski definition) is 1. The van der Waals surface area contributed by atoms with Crippen LogP contribution < -0.4 is 4.90 Å². The average molecular weight is 263 g/mol. The van der Waals surface area contributed by atoms with Gasteiger partial charge in [-0.1, -0.05) is 13.8 Å². The number of aliphatic carboxylic acids is 1. The second kappa shape index (κ2) is 5.55. The molecule has 0 saturated carbocycles. The van der Waals surface area contributed by atoms with Gasteiger partial charge in [-0.3, -0.25) is 4.79 Å². The highest BCUT2D eigenvalue weighted by molar-refractivity contribution is 5.70. The summed E-state index contributed by atoms with van der Waals surface area (Å²) in [5.74, 6) is 0.211. The molecule has 0 aliphatic carbocycles. The quantitative estimate of drug-likeness (QED) is 0.905. The Hall–Kier alpha value is -1.65. The van der Waals surface area contributed by atoms with Crippen molar-refractivity contribution in [1.29, 1.82) is 0 Å². The zero-order valence-corrected chi connectivity index (χ0v) is 11.8. The minimum absolute atomic E-state index is 0.217. The van der Waals surface area contributed by atoms with Gasteiger partial charge in [0.15, 0.2) is 0 Å². The van der Waals surface area contributed by atoms with Gasteiger partial charge in [-0.05, 0) is 31.7 Å². The first-order chi connectivity index (χ1) is 8.97. The zero-order valence-electron chi connectivity index (χ0n) is 11.8. The number of carbonyl (C=O) groups is 1. The summed E-state index contributed by atoms with van der Waals surface area (Å²) in [5, 5.41) is 9.01. The topological polar surface area (TPSA) is 66.3 Å². The second-order valence-corrected chi connectivity index (χ2v) is 5.49. The molecule has 1 aliphatic rings. The molecule has 0 atom stereocenters. The van der Waals surface area contributed by atoms with Crippen LogP contribution in [0.15, 0.2) is 6.07 Å². The largest absolute Gasteiger partial charge is 0.481 e. The van der Waals surface area contributed by atoms with E-state index in [-0.39, 0.29) is 5.92 Å². The molecule has 0 amide bonds. The summed E-state index contributed by atoms with van der Waals surface area (Å²) in [6.07, 6.45) is 1.34. The van der Waals surface area contributed by atoms with Crippen LogP contribution in [-0.4, -0.2) is 34.1 Å². The van der Waals surface area contributed by atoms with Crippen LogP contribution in [0.2, 0.25) is 0 Å². The number of anilines is 1. The Morgan fingerprint density at radius 1 is 1.37 bits per heavy atom. The van der Waals surface area contributed by atoms with E-state index in [0.29, 0.717) is 18.8 Å². The van der Waals surface area contributed by atoms with Gasteiger partial charge in [-0.25, -0.2) is 9.97 Å². The van der Waals surface area contributed by atoms with E-state index >= 15 is 0 Å². The molecule has 104 valence electrons. The molecule has 0 aromatic carbocycles. The lowest BCUT2D eigenvalue weighted by atomic mass is 9.97. The van der Waals surface area contributed by atoms with E-state index in [1.165, 1.54) is 0 Å². The second-order valence-electron chi connectivity index (χ2n) is 5.49. The molecule has 1 N–H and O–H groups in total. The maximum absolute atomic E-state index is 10.9. The Morgan fingerprint density at radius 3 is 2.53 bits per heavy atom. The smallest absolute Gasteiger partial charge is 0.306 e. The number of rotatable bonds is 3. The summed E-state index contributed by atoms with van der Waals surface area (Å²) in [6, 6.07) is 2.01. The fourth-order valence-corrected chi connectivity index (χ4v) is 2.34. The fourth-order valence-electron chi connectivity index (χ4n) is 2.34. The molecule has 5 nitrogen and oxygen atoms in total. The van der Waals surface area contributed by atoms with Gasteiger partial charge < -0.3 is 10.0 Å². The van der Waals surface area contributed by atoms with Gasteiger partial charge in [0.05, 0.1) is 5.92 Å².